The molecule has 0 unspecified atom stereocenters. The van der Waals surface area contributed by atoms with Gasteiger partial charge in [-0.25, -0.2) is 4.98 Å². The quantitative estimate of drug-likeness (QED) is 0.529. The summed E-state index contributed by atoms with van der Waals surface area (Å²) in [6, 6.07) is 15.4. The van der Waals surface area contributed by atoms with Crippen LogP contribution in [0.4, 0.5) is 0 Å². The number of fused-ring (bicyclic) bond motifs is 1. The molecule has 0 saturated carbocycles. The zero-order valence-corrected chi connectivity index (χ0v) is 17.0. The molecular weight excluding hydrogens is 420 g/mol. The minimum atomic E-state index is -0.263. The van der Waals surface area contributed by atoms with Crippen molar-refractivity contribution in [1.82, 2.24) is 9.97 Å². The summed E-state index contributed by atoms with van der Waals surface area (Å²) in [6.45, 7) is 0. The number of aryl methyl sites for hydroxylation is 1. The number of benzene rings is 2. The van der Waals surface area contributed by atoms with Crippen LogP contribution in [0.2, 0.25) is 0 Å². The Bertz CT molecular complexity index is 1000. The Morgan fingerprint density at radius 3 is 2.50 bits per heavy atom. The monoisotopic (exact) mass is 438 g/mol. The van der Waals surface area contributed by atoms with Crippen LogP contribution in [-0.2, 0) is 28.8 Å². The summed E-state index contributed by atoms with van der Waals surface area (Å²) in [5.74, 6) is 1.70. The lowest BCUT2D eigenvalue weighted by Gasteiger charge is -2.12. The van der Waals surface area contributed by atoms with E-state index in [4.69, 9.17) is 19.4 Å². The average Bonchev–Trinajstić information content (AvgIpc) is 3.19. The number of aromatic nitrogens is 2. The standard InChI is InChI=1S/C22H19BrN2O3/c1-27-20(26)13-14-5-11-17(12-6-14)28-22-18-3-2-4-19(18)24-21(25-22)15-7-9-16(23)10-8-15/h5-12H,2-4,13H2,1H3. The van der Waals surface area contributed by atoms with Gasteiger partial charge in [-0.15, -0.1) is 0 Å². The topological polar surface area (TPSA) is 61.3 Å². The Kier molecular flexibility index (Phi) is 5.39. The molecule has 0 aliphatic heterocycles. The number of hydrogen-bond donors (Lipinski definition) is 0. The molecule has 0 bridgehead atoms. The summed E-state index contributed by atoms with van der Waals surface area (Å²) >= 11 is 3.46. The van der Waals surface area contributed by atoms with Gasteiger partial charge in [0, 0.05) is 15.6 Å². The van der Waals surface area contributed by atoms with Crippen LogP contribution in [0.25, 0.3) is 11.4 Å². The lowest BCUT2D eigenvalue weighted by Crippen LogP contribution is -2.04. The van der Waals surface area contributed by atoms with E-state index >= 15 is 0 Å². The van der Waals surface area contributed by atoms with Crippen LogP contribution in [0.1, 0.15) is 23.2 Å². The van der Waals surface area contributed by atoms with Gasteiger partial charge < -0.3 is 9.47 Å². The van der Waals surface area contributed by atoms with E-state index < -0.39 is 0 Å². The van der Waals surface area contributed by atoms with Crippen molar-refractivity contribution in [2.75, 3.05) is 7.11 Å². The highest BCUT2D eigenvalue weighted by atomic mass is 79.9. The summed E-state index contributed by atoms with van der Waals surface area (Å²) in [7, 11) is 1.39. The molecule has 0 saturated heterocycles. The molecule has 0 fully saturated rings. The molecule has 0 radical (unpaired) electrons. The van der Waals surface area contributed by atoms with Gasteiger partial charge >= 0.3 is 5.97 Å². The molecule has 1 aliphatic rings. The number of rotatable bonds is 5. The van der Waals surface area contributed by atoms with E-state index in [0.717, 1.165) is 46.1 Å². The van der Waals surface area contributed by atoms with Crippen LogP contribution >= 0.6 is 15.9 Å². The normalized spacial score (nSPS) is 12.5. The van der Waals surface area contributed by atoms with Crippen LogP contribution in [0.3, 0.4) is 0 Å². The molecular formula is C22H19BrN2O3. The highest BCUT2D eigenvalue weighted by Gasteiger charge is 2.21. The van der Waals surface area contributed by atoms with Crippen molar-refractivity contribution in [1.29, 1.82) is 0 Å². The molecule has 1 aliphatic carbocycles. The predicted octanol–water partition coefficient (Wildman–Crippen LogP) is 4.90. The van der Waals surface area contributed by atoms with Crippen molar-refractivity contribution >= 4 is 21.9 Å². The highest BCUT2D eigenvalue weighted by Crippen LogP contribution is 2.33. The largest absolute Gasteiger partial charge is 0.469 e. The lowest BCUT2D eigenvalue weighted by atomic mass is 10.1. The van der Waals surface area contributed by atoms with Crippen molar-refractivity contribution in [3.63, 3.8) is 0 Å². The molecule has 1 aromatic heterocycles. The van der Waals surface area contributed by atoms with E-state index in [1.807, 2.05) is 48.5 Å². The fourth-order valence-corrected chi connectivity index (χ4v) is 3.50. The maximum atomic E-state index is 11.4. The maximum Gasteiger partial charge on any atom is 0.309 e. The third-order valence-electron chi connectivity index (χ3n) is 4.71. The molecule has 28 heavy (non-hydrogen) atoms. The molecule has 6 heteroatoms. The zero-order valence-electron chi connectivity index (χ0n) is 15.4. The summed E-state index contributed by atoms with van der Waals surface area (Å²) in [4.78, 5) is 20.9. The van der Waals surface area contributed by atoms with E-state index in [9.17, 15) is 4.79 Å². The van der Waals surface area contributed by atoms with Crippen LogP contribution in [0, 0.1) is 0 Å². The molecule has 4 rings (SSSR count). The molecule has 3 aromatic rings. The van der Waals surface area contributed by atoms with Crippen LogP contribution < -0.4 is 4.74 Å². The summed E-state index contributed by atoms with van der Waals surface area (Å²) in [5.41, 5.74) is 3.98. The molecule has 142 valence electrons. The smallest absolute Gasteiger partial charge is 0.309 e. The number of methoxy groups -OCH3 is 1. The van der Waals surface area contributed by atoms with E-state index in [1.54, 1.807) is 0 Å². The highest BCUT2D eigenvalue weighted by molar-refractivity contribution is 9.10. The Morgan fingerprint density at radius 1 is 1.04 bits per heavy atom. The SMILES string of the molecule is COC(=O)Cc1ccc(Oc2nc(-c3ccc(Br)cc3)nc3c2CCC3)cc1. The molecule has 0 spiro atoms. The first kappa shape index (κ1) is 18.6. The second-order valence-corrected chi connectivity index (χ2v) is 7.55. The summed E-state index contributed by atoms with van der Waals surface area (Å²) in [6.07, 6.45) is 3.16. The third-order valence-corrected chi connectivity index (χ3v) is 5.24. The first-order chi connectivity index (χ1) is 13.6. The maximum absolute atomic E-state index is 11.4. The third kappa shape index (κ3) is 4.07. The minimum Gasteiger partial charge on any atom is -0.469 e. The van der Waals surface area contributed by atoms with Gasteiger partial charge in [0.2, 0.25) is 5.88 Å². The number of ether oxygens (including phenoxy) is 2. The molecule has 2 aromatic carbocycles. The van der Waals surface area contributed by atoms with Gasteiger partial charge in [0.05, 0.1) is 19.2 Å². The van der Waals surface area contributed by atoms with Gasteiger partial charge in [0.25, 0.3) is 0 Å². The van der Waals surface area contributed by atoms with Crippen molar-refractivity contribution in [2.24, 2.45) is 0 Å². The van der Waals surface area contributed by atoms with Gasteiger partial charge in [0.15, 0.2) is 5.82 Å². The van der Waals surface area contributed by atoms with Crippen molar-refractivity contribution in [3.05, 3.63) is 69.8 Å². The van der Waals surface area contributed by atoms with Gasteiger partial charge in [-0.2, -0.15) is 4.98 Å². The Labute approximate surface area is 171 Å². The van der Waals surface area contributed by atoms with E-state index in [1.165, 1.54) is 7.11 Å². The van der Waals surface area contributed by atoms with Crippen LogP contribution in [0.15, 0.2) is 53.0 Å². The molecule has 5 nitrogen and oxygen atoms in total. The summed E-state index contributed by atoms with van der Waals surface area (Å²) < 4.78 is 11.8. The number of carbonyl (C=O) groups excluding carboxylic acids is 1. The molecule has 0 amide bonds. The molecule has 0 atom stereocenters. The van der Waals surface area contributed by atoms with Crippen molar-refractivity contribution < 1.29 is 14.3 Å². The fourth-order valence-electron chi connectivity index (χ4n) is 3.24. The lowest BCUT2D eigenvalue weighted by molar-refractivity contribution is -0.139. The van der Waals surface area contributed by atoms with E-state index in [0.29, 0.717) is 17.5 Å². The number of hydrogen-bond acceptors (Lipinski definition) is 5. The second-order valence-electron chi connectivity index (χ2n) is 6.64. The predicted molar refractivity (Wildman–Crippen MR) is 109 cm³/mol. The first-order valence-electron chi connectivity index (χ1n) is 9.12. The minimum absolute atomic E-state index is 0.243. The van der Waals surface area contributed by atoms with Crippen molar-refractivity contribution in [3.8, 4) is 23.0 Å². The Morgan fingerprint density at radius 2 is 1.79 bits per heavy atom. The Hall–Kier alpha value is -2.73. The van der Waals surface area contributed by atoms with E-state index in [-0.39, 0.29) is 12.4 Å². The molecule has 0 N–H and O–H groups in total. The van der Waals surface area contributed by atoms with Gasteiger partial charge in [-0.05, 0) is 49.1 Å². The van der Waals surface area contributed by atoms with Gasteiger partial charge in [-0.3, -0.25) is 4.79 Å². The van der Waals surface area contributed by atoms with Crippen molar-refractivity contribution in [2.45, 2.75) is 25.7 Å². The number of carbonyl (C=O) groups is 1. The molecule has 1 heterocycles. The van der Waals surface area contributed by atoms with E-state index in [2.05, 4.69) is 15.9 Å². The first-order valence-corrected chi connectivity index (χ1v) is 9.91. The second kappa shape index (κ2) is 8.10. The van der Waals surface area contributed by atoms with Gasteiger partial charge in [-0.1, -0.05) is 40.2 Å². The number of halogens is 1. The van der Waals surface area contributed by atoms with Gasteiger partial charge in [0.1, 0.15) is 5.75 Å². The van der Waals surface area contributed by atoms with Crippen LogP contribution in [0.5, 0.6) is 11.6 Å². The number of esters is 1. The average molecular weight is 439 g/mol. The fraction of sp³-hybridized carbons (Fsp3) is 0.227. The summed E-state index contributed by atoms with van der Waals surface area (Å²) in [5, 5.41) is 0. The zero-order chi connectivity index (χ0) is 19.5. The van der Waals surface area contributed by atoms with Crippen LogP contribution in [-0.4, -0.2) is 23.0 Å². The Balaban J connectivity index is 1.62. The number of nitrogens with zero attached hydrogens (tertiary/aromatic N) is 2.